The number of anilines is 2. The summed E-state index contributed by atoms with van der Waals surface area (Å²) in [7, 11) is 0. The van der Waals surface area contributed by atoms with Gasteiger partial charge in [0.2, 0.25) is 5.95 Å². The van der Waals surface area contributed by atoms with Crippen LogP contribution in [0.3, 0.4) is 0 Å². The highest BCUT2D eigenvalue weighted by Crippen LogP contribution is 2.25. The Bertz CT molecular complexity index is 323. The fourth-order valence-electron chi connectivity index (χ4n) is 1.75. The maximum absolute atomic E-state index is 5.93. The maximum atomic E-state index is 5.93. The fraction of sp³-hybridized carbons (Fsp3) is 0.556. The van der Waals surface area contributed by atoms with Gasteiger partial charge in [-0.2, -0.15) is 4.98 Å². The molecular weight excluding hydrogens is 200 g/mol. The molecule has 1 saturated carbocycles. The highest BCUT2D eigenvalue weighted by molar-refractivity contribution is 6.32. The van der Waals surface area contributed by atoms with Crippen molar-refractivity contribution in [2.24, 2.45) is 0 Å². The summed E-state index contributed by atoms with van der Waals surface area (Å²) in [6, 6.07) is 0.488. The zero-order chi connectivity index (χ0) is 9.97. The quantitative estimate of drug-likeness (QED) is 0.788. The van der Waals surface area contributed by atoms with E-state index in [1.165, 1.54) is 31.9 Å². The molecular formula is C9H13ClN4. The largest absolute Gasteiger partial charge is 0.368 e. The molecule has 5 heteroatoms. The van der Waals surface area contributed by atoms with Crippen molar-refractivity contribution in [3.63, 3.8) is 0 Å². The second kappa shape index (κ2) is 4.00. The van der Waals surface area contributed by atoms with Crippen molar-refractivity contribution in [3.05, 3.63) is 11.2 Å². The van der Waals surface area contributed by atoms with Gasteiger partial charge in [0.05, 0.1) is 6.20 Å². The van der Waals surface area contributed by atoms with E-state index in [-0.39, 0.29) is 5.95 Å². The van der Waals surface area contributed by atoms with Gasteiger partial charge >= 0.3 is 0 Å². The van der Waals surface area contributed by atoms with Crippen LogP contribution in [0.4, 0.5) is 11.8 Å². The normalized spacial score (nSPS) is 17.2. The molecule has 1 aromatic rings. The smallest absolute Gasteiger partial charge is 0.222 e. The van der Waals surface area contributed by atoms with E-state index >= 15 is 0 Å². The topological polar surface area (TPSA) is 63.8 Å². The van der Waals surface area contributed by atoms with Crippen molar-refractivity contribution in [2.45, 2.75) is 31.7 Å². The molecule has 1 heterocycles. The van der Waals surface area contributed by atoms with Gasteiger partial charge in [-0.1, -0.05) is 24.4 Å². The van der Waals surface area contributed by atoms with Gasteiger partial charge in [0.1, 0.15) is 5.02 Å². The molecule has 0 atom stereocenters. The van der Waals surface area contributed by atoms with Crippen LogP contribution in [0.1, 0.15) is 25.7 Å². The molecule has 0 aliphatic heterocycles. The standard InChI is InChI=1S/C9H13ClN4/c10-7-5-12-9(11)14-8(7)13-6-3-1-2-4-6/h5-6H,1-4H2,(H3,11,12,13,14). The van der Waals surface area contributed by atoms with Crippen LogP contribution in [0.2, 0.25) is 5.02 Å². The predicted molar refractivity (Wildman–Crippen MR) is 57.3 cm³/mol. The fourth-order valence-corrected chi connectivity index (χ4v) is 1.89. The number of nitrogen functional groups attached to an aromatic ring is 1. The van der Waals surface area contributed by atoms with Crippen LogP contribution in [-0.4, -0.2) is 16.0 Å². The highest BCUT2D eigenvalue weighted by Gasteiger charge is 2.16. The van der Waals surface area contributed by atoms with Crippen molar-refractivity contribution in [3.8, 4) is 0 Å². The van der Waals surface area contributed by atoms with Crippen LogP contribution in [-0.2, 0) is 0 Å². The van der Waals surface area contributed by atoms with Gasteiger partial charge in [0.25, 0.3) is 0 Å². The Kier molecular flexibility index (Phi) is 2.72. The summed E-state index contributed by atoms with van der Waals surface area (Å²) in [5.74, 6) is 0.918. The second-order valence-electron chi connectivity index (χ2n) is 3.55. The van der Waals surface area contributed by atoms with Gasteiger partial charge in [-0.15, -0.1) is 0 Å². The lowest BCUT2D eigenvalue weighted by atomic mass is 10.2. The number of aromatic nitrogens is 2. The Labute approximate surface area is 87.9 Å². The first-order chi connectivity index (χ1) is 6.75. The minimum absolute atomic E-state index is 0.259. The van der Waals surface area contributed by atoms with E-state index in [9.17, 15) is 0 Å². The Balaban J connectivity index is 2.10. The van der Waals surface area contributed by atoms with Gasteiger partial charge in [0.15, 0.2) is 5.82 Å². The average Bonchev–Trinajstić information content (AvgIpc) is 2.64. The van der Waals surface area contributed by atoms with E-state index < -0.39 is 0 Å². The minimum Gasteiger partial charge on any atom is -0.368 e. The molecule has 2 rings (SSSR count). The van der Waals surface area contributed by atoms with Gasteiger partial charge in [-0.25, -0.2) is 4.98 Å². The first-order valence-electron chi connectivity index (χ1n) is 4.80. The SMILES string of the molecule is Nc1ncc(Cl)c(NC2CCCC2)n1. The number of hydrogen-bond donors (Lipinski definition) is 2. The Morgan fingerprint density at radius 2 is 2.14 bits per heavy atom. The summed E-state index contributed by atoms with van der Waals surface area (Å²) >= 11 is 5.93. The Hall–Kier alpha value is -1.03. The second-order valence-corrected chi connectivity index (χ2v) is 3.96. The molecule has 0 aromatic carbocycles. The molecule has 0 spiro atoms. The van der Waals surface area contributed by atoms with E-state index in [1.807, 2.05) is 0 Å². The zero-order valence-electron chi connectivity index (χ0n) is 7.83. The summed E-state index contributed by atoms with van der Waals surface area (Å²) in [6.45, 7) is 0. The molecule has 1 aromatic heterocycles. The van der Waals surface area contributed by atoms with E-state index in [4.69, 9.17) is 17.3 Å². The number of nitrogens with zero attached hydrogens (tertiary/aromatic N) is 2. The number of hydrogen-bond acceptors (Lipinski definition) is 4. The third kappa shape index (κ3) is 2.07. The molecule has 3 N–H and O–H groups in total. The lowest BCUT2D eigenvalue weighted by Gasteiger charge is -2.13. The van der Waals surface area contributed by atoms with E-state index in [0.717, 1.165) is 0 Å². The van der Waals surface area contributed by atoms with E-state index in [1.54, 1.807) is 0 Å². The molecule has 0 unspecified atom stereocenters. The third-order valence-corrected chi connectivity index (χ3v) is 2.74. The monoisotopic (exact) mass is 212 g/mol. The number of nitrogens with two attached hydrogens (primary N) is 1. The molecule has 76 valence electrons. The molecule has 4 nitrogen and oxygen atoms in total. The van der Waals surface area contributed by atoms with Crippen molar-refractivity contribution < 1.29 is 0 Å². The molecule has 0 amide bonds. The lowest BCUT2D eigenvalue weighted by Crippen LogP contribution is -2.16. The number of nitrogens with one attached hydrogen (secondary N) is 1. The van der Waals surface area contributed by atoms with Crippen molar-refractivity contribution in [1.82, 2.24) is 9.97 Å². The van der Waals surface area contributed by atoms with Crippen LogP contribution in [0.5, 0.6) is 0 Å². The van der Waals surface area contributed by atoms with E-state index in [2.05, 4.69) is 15.3 Å². The maximum Gasteiger partial charge on any atom is 0.222 e. The van der Waals surface area contributed by atoms with E-state index in [0.29, 0.717) is 16.9 Å². The van der Waals surface area contributed by atoms with Gasteiger partial charge in [0, 0.05) is 6.04 Å². The first-order valence-corrected chi connectivity index (χ1v) is 5.18. The zero-order valence-corrected chi connectivity index (χ0v) is 8.59. The van der Waals surface area contributed by atoms with Gasteiger partial charge < -0.3 is 11.1 Å². The molecule has 0 radical (unpaired) electrons. The molecule has 0 saturated heterocycles. The lowest BCUT2D eigenvalue weighted by molar-refractivity contribution is 0.750. The summed E-state index contributed by atoms with van der Waals surface area (Å²) in [5.41, 5.74) is 5.48. The Morgan fingerprint density at radius 3 is 2.86 bits per heavy atom. The van der Waals surface area contributed by atoms with Crippen molar-refractivity contribution in [2.75, 3.05) is 11.1 Å². The molecule has 1 aliphatic rings. The number of halogens is 1. The van der Waals surface area contributed by atoms with Crippen LogP contribution in [0, 0.1) is 0 Å². The molecule has 0 bridgehead atoms. The third-order valence-electron chi connectivity index (χ3n) is 2.46. The number of rotatable bonds is 2. The summed E-state index contributed by atoms with van der Waals surface area (Å²) < 4.78 is 0. The molecule has 1 aliphatic carbocycles. The first kappa shape index (κ1) is 9.52. The van der Waals surface area contributed by atoms with Crippen LogP contribution in [0.25, 0.3) is 0 Å². The highest BCUT2D eigenvalue weighted by atomic mass is 35.5. The summed E-state index contributed by atoms with van der Waals surface area (Å²) in [6.07, 6.45) is 6.44. The Morgan fingerprint density at radius 1 is 1.43 bits per heavy atom. The predicted octanol–water partition coefficient (Wildman–Crippen LogP) is 2.07. The van der Waals surface area contributed by atoms with Crippen LogP contribution < -0.4 is 11.1 Å². The summed E-state index contributed by atoms with van der Waals surface area (Å²) in [5, 5.41) is 3.82. The van der Waals surface area contributed by atoms with Crippen molar-refractivity contribution >= 4 is 23.4 Å². The van der Waals surface area contributed by atoms with Crippen molar-refractivity contribution in [1.29, 1.82) is 0 Å². The van der Waals surface area contributed by atoms with Gasteiger partial charge in [-0.3, -0.25) is 0 Å². The van der Waals surface area contributed by atoms with Crippen LogP contribution in [0.15, 0.2) is 6.20 Å². The minimum atomic E-state index is 0.259. The van der Waals surface area contributed by atoms with Crippen LogP contribution >= 0.6 is 11.6 Å². The summed E-state index contributed by atoms with van der Waals surface area (Å²) in [4.78, 5) is 7.87. The molecule has 1 fully saturated rings. The van der Waals surface area contributed by atoms with Gasteiger partial charge in [-0.05, 0) is 12.8 Å². The average molecular weight is 213 g/mol. The molecule has 14 heavy (non-hydrogen) atoms.